The predicted octanol–water partition coefficient (Wildman–Crippen LogP) is 4.42. The summed E-state index contributed by atoms with van der Waals surface area (Å²) in [7, 11) is 1.39. The highest BCUT2D eigenvalue weighted by Gasteiger charge is 1.93. The van der Waals surface area contributed by atoms with Gasteiger partial charge in [0, 0.05) is 10.2 Å². The Morgan fingerprint density at radius 1 is 0.500 bits per heavy atom. The zero-order chi connectivity index (χ0) is 11.9. The van der Waals surface area contributed by atoms with E-state index >= 15 is 0 Å². The van der Waals surface area contributed by atoms with Crippen molar-refractivity contribution in [2.24, 2.45) is 0 Å². The van der Waals surface area contributed by atoms with Gasteiger partial charge in [-0.15, -0.1) is 0 Å². The summed E-state index contributed by atoms with van der Waals surface area (Å²) in [5.74, 6) is 0. The van der Waals surface area contributed by atoms with Gasteiger partial charge < -0.3 is 0 Å². The average Bonchev–Trinajstić information content (AvgIpc) is 2.31. The lowest BCUT2D eigenvalue weighted by atomic mass is 10.1. The molecule has 0 amide bonds. The molecular formula is C14H31FSi. The third-order valence-electron chi connectivity index (χ3n) is 3.24. The zero-order valence-corrected chi connectivity index (χ0v) is 13.3. The molecule has 0 aromatic carbocycles. The normalized spacial score (nSPS) is 11.1. The van der Waals surface area contributed by atoms with Gasteiger partial charge in [0.1, 0.15) is 0 Å². The highest BCUT2D eigenvalue weighted by molar-refractivity contribution is 6.08. The lowest BCUT2D eigenvalue weighted by molar-refractivity contribution is 0.448. The lowest BCUT2D eigenvalue weighted by Crippen LogP contribution is -1.83. The Hall–Kier alpha value is 0.147. The predicted molar refractivity (Wildman–Crippen MR) is 76.1 cm³/mol. The van der Waals surface area contributed by atoms with Crippen LogP contribution in [0.3, 0.4) is 0 Å². The summed E-state index contributed by atoms with van der Waals surface area (Å²) < 4.78 is 11.8. The van der Waals surface area contributed by atoms with Gasteiger partial charge in [0.15, 0.2) is 0 Å². The SMILES string of the molecule is FCCCCCCCCCCCCCC[SiH3]. The summed E-state index contributed by atoms with van der Waals surface area (Å²) in [6, 6.07) is 1.48. The Morgan fingerprint density at radius 2 is 0.812 bits per heavy atom. The zero-order valence-electron chi connectivity index (χ0n) is 11.3. The fraction of sp³-hybridized carbons (Fsp3) is 1.00. The van der Waals surface area contributed by atoms with Gasteiger partial charge >= 0.3 is 0 Å². The molecule has 0 aliphatic rings. The molecule has 0 aromatic rings. The molecule has 0 spiro atoms. The highest BCUT2D eigenvalue weighted by atomic mass is 28.1. The van der Waals surface area contributed by atoms with Crippen molar-refractivity contribution in [2.45, 2.75) is 83.1 Å². The number of hydrogen-bond donors (Lipinski definition) is 0. The first-order valence-corrected chi connectivity index (χ1v) is 8.89. The van der Waals surface area contributed by atoms with E-state index in [0.717, 1.165) is 12.8 Å². The number of alkyl halides is 1. The minimum Gasteiger partial charge on any atom is -0.251 e. The van der Waals surface area contributed by atoms with E-state index in [2.05, 4.69) is 0 Å². The van der Waals surface area contributed by atoms with Crippen LogP contribution in [0.2, 0.25) is 6.04 Å². The molecule has 0 aliphatic heterocycles. The van der Waals surface area contributed by atoms with Crippen LogP contribution in [0.1, 0.15) is 77.0 Å². The van der Waals surface area contributed by atoms with E-state index in [1.54, 1.807) is 0 Å². The van der Waals surface area contributed by atoms with Crippen molar-refractivity contribution in [1.82, 2.24) is 0 Å². The molecule has 2 heteroatoms. The van der Waals surface area contributed by atoms with Crippen molar-refractivity contribution < 1.29 is 4.39 Å². The fourth-order valence-corrected chi connectivity index (χ4v) is 2.61. The smallest absolute Gasteiger partial charge is 0.0894 e. The van der Waals surface area contributed by atoms with Crippen LogP contribution in [0.5, 0.6) is 0 Å². The van der Waals surface area contributed by atoms with Gasteiger partial charge in [-0.2, -0.15) is 0 Å². The molecule has 0 radical (unpaired) electrons. The van der Waals surface area contributed by atoms with E-state index in [9.17, 15) is 4.39 Å². The first-order valence-electron chi connectivity index (χ1n) is 7.47. The van der Waals surface area contributed by atoms with Crippen LogP contribution in [0.25, 0.3) is 0 Å². The Balaban J connectivity index is 2.83. The standard InChI is InChI=1S/C14H31FSi/c15-13-11-9-7-5-3-1-2-4-6-8-10-12-14-16/h1-14H2,16H3. The van der Waals surface area contributed by atoms with Gasteiger partial charge in [-0.05, 0) is 6.42 Å². The van der Waals surface area contributed by atoms with Crippen molar-refractivity contribution >= 4 is 10.2 Å². The molecule has 0 nitrogen and oxygen atoms in total. The van der Waals surface area contributed by atoms with E-state index in [-0.39, 0.29) is 6.67 Å². The van der Waals surface area contributed by atoms with Crippen LogP contribution in [-0.4, -0.2) is 16.9 Å². The third-order valence-corrected chi connectivity index (χ3v) is 3.94. The van der Waals surface area contributed by atoms with Crippen molar-refractivity contribution in [2.75, 3.05) is 6.67 Å². The molecule has 0 saturated heterocycles. The van der Waals surface area contributed by atoms with Crippen LogP contribution in [-0.2, 0) is 0 Å². The number of rotatable bonds is 13. The van der Waals surface area contributed by atoms with Crippen molar-refractivity contribution in [3.8, 4) is 0 Å². The number of halogens is 1. The minimum atomic E-state index is -0.125. The second kappa shape index (κ2) is 15.1. The largest absolute Gasteiger partial charge is 0.251 e. The Kier molecular flexibility index (Phi) is 15.3. The molecular weight excluding hydrogens is 215 g/mol. The summed E-state index contributed by atoms with van der Waals surface area (Å²) >= 11 is 0. The maximum Gasteiger partial charge on any atom is 0.0894 e. The Bertz CT molecular complexity index is 103. The summed E-state index contributed by atoms with van der Waals surface area (Å²) in [5, 5.41) is 0. The van der Waals surface area contributed by atoms with E-state index in [4.69, 9.17) is 0 Å². The summed E-state index contributed by atoms with van der Waals surface area (Å²) in [6.07, 6.45) is 15.9. The molecule has 0 aromatic heterocycles. The van der Waals surface area contributed by atoms with E-state index < -0.39 is 0 Å². The lowest BCUT2D eigenvalue weighted by Gasteiger charge is -2.02. The summed E-state index contributed by atoms with van der Waals surface area (Å²) in [6.45, 7) is -0.125. The maximum atomic E-state index is 11.8. The van der Waals surface area contributed by atoms with Crippen molar-refractivity contribution in [3.63, 3.8) is 0 Å². The minimum absolute atomic E-state index is 0.125. The first kappa shape index (κ1) is 16.1. The molecule has 0 rings (SSSR count). The molecule has 16 heavy (non-hydrogen) atoms. The average molecular weight is 246 g/mol. The van der Waals surface area contributed by atoms with E-state index in [1.165, 1.54) is 80.5 Å². The van der Waals surface area contributed by atoms with E-state index in [0.29, 0.717) is 0 Å². The molecule has 0 saturated carbocycles. The molecule has 0 atom stereocenters. The molecule has 0 bridgehead atoms. The quantitative estimate of drug-likeness (QED) is 0.333. The van der Waals surface area contributed by atoms with Crippen LogP contribution in [0.4, 0.5) is 4.39 Å². The van der Waals surface area contributed by atoms with Gasteiger partial charge in [-0.1, -0.05) is 76.7 Å². The van der Waals surface area contributed by atoms with Gasteiger partial charge in [0.25, 0.3) is 0 Å². The van der Waals surface area contributed by atoms with Crippen LogP contribution >= 0.6 is 0 Å². The Morgan fingerprint density at radius 3 is 1.12 bits per heavy atom. The number of unbranched alkanes of at least 4 members (excludes halogenated alkanes) is 11. The molecule has 0 heterocycles. The summed E-state index contributed by atoms with van der Waals surface area (Å²) in [4.78, 5) is 0. The molecule has 0 unspecified atom stereocenters. The van der Waals surface area contributed by atoms with Crippen LogP contribution in [0.15, 0.2) is 0 Å². The van der Waals surface area contributed by atoms with Gasteiger partial charge in [-0.25, -0.2) is 0 Å². The molecule has 0 aliphatic carbocycles. The first-order chi connectivity index (χ1) is 7.91. The maximum absolute atomic E-state index is 11.8. The third kappa shape index (κ3) is 14.1. The molecule has 0 N–H and O–H groups in total. The van der Waals surface area contributed by atoms with Gasteiger partial charge in [-0.3, -0.25) is 4.39 Å². The van der Waals surface area contributed by atoms with Crippen LogP contribution < -0.4 is 0 Å². The fourth-order valence-electron chi connectivity index (χ4n) is 2.11. The van der Waals surface area contributed by atoms with Crippen molar-refractivity contribution in [3.05, 3.63) is 0 Å². The molecule has 98 valence electrons. The van der Waals surface area contributed by atoms with Crippen LogP contribution in [0, 0.1) is 0 Å². The molecule has 0 fully saturated rings. The van der Waals surface area contributed by atoms with Gasteiger partial charge in [0.05, 0.1) is 6.67 Å². The van der Waals surface area contributed by atoms with Gasteiger partial charge in [0.2, 0.25) is 0 Å². The van der Waals surface area contributed by atoms with E-state index in [1.807, 2.05) is 0 Å². The second-order valence-electron chi connectivity index (χ2n) is 4.93. The van der Waals surface area contributed by atoms with Crippen molar-refractivity contribution in [1.29, 1.82) is 0 Å². The highest BCUT2D eigenvalue weighted by Crippen LogP contribution is 2.12. The Labute approximate surface area is 105 Å². The topological polar surface area (TPSA) is 0 Å². The number of hydrogen-bond acceptors (Lipinski definition) is 0. The second-order valence-corrected chi connectivity index (χ2v) is 5.93. The summed E-state index contributed by atoms with van der Waals surface area (Å²) in [5.41, 5.74) is 0. The monoisotopic (exact) mass is 246 g/mol.